The van der Waals surface area contributed by atoms with Gasteiger partial charge in [-0.05, 0) is 48.7 Å². The van der Waals surface area contributed by atoms with Crippen LogP contribution in [0.3, 0.4) is 0 Å². The van der Waals surface area contributed by atoms with Crippen molar-refractivity contribution in [1.29, 1.82) is 0 Å². The summed E-state index contributed by atoms with van der Waals surface area (Å²) in [7, 11) is 0. The lowest BCUT2D eigenvalue weighted by atomic mass is 10.0. The summed E-state index contributed by atoms with van der Waals surface area (Å²) in [5, 5.41) is 11.3. The standard InChI is InChI=1S/C25H30N4O2/c1-5-20(25(30)27-31)17-26-24(18(2)3)29-14-12-28(13-15-29)19(4)22-11-10-21-8-6-7-9-23(21)16-22/h5-11,16-17,31H,4,12-15H2,1-3H3,(H,27,30)/b20-5+,26-17?. The molecule has 2 N–H and O–H groups in total. The fraction of sp³-hybridized carbons (Fsp3) is 0.280. The van der Waals surface area contributed by atoms with Gasteiger partial charge in [-0.25, -0.2) is 10.5 Å². The van der Waals surface area contributed by atoms with Crippen molar-refractivity contribution in [2.24, 2.45) is 4.99 Å². The molecule has 0 radical (unpaired) electrons. The number of hydrogen-bond acceptors (Lipinski definition) is 5. The van der Waals surface area contributed by atoms with Crippen molar-refractivity contribution in [3.8, 4) is 0 Å². The molecule has 0 aromatic heterocycles. The number of nitrogens with one attached hydrogen (secondary N) is 1. The van der Waals surface area contributed by atoms with Crippen molar-refractivity contribution in [2.75, 3.05) is 26.2 Å². The number of allylic oxidation sites excluding steroid dienone is 2. The average molecular weight is 419 g/mol. The Morgan fingerprint density at radius 2 is 1.71 bits per heavy atom. The molecule has 1 amide bonds. The monoisotopic (exact) mass is 418 g/mol. The summed E-state index contributed by atoms with van der Waals surface area (Å²) < 4.78 is 0. The molecule has 0 spiro atoms. The number of aliphatic imine (C=N–C) groups is 1. The summed E-state index contributed by atoms with van der Waals surface area (Å²) in [5.41, 5.74) is 5.20. The smallest absolute Gasteiger partial charge is 0.275 e. The molecule has 1 aliphatic heterocycles. The fourth-order valence-corrected chi connectivity index (χ4v) is 3.73. The molecule has 1 saturated heterocycles. The molecule has 162 valence electrons. The Bertz CT molecular complexity index is 1060. The van der Waals surface area contributed by atoms with Crippen molar-refractivity contribution >= 4 is 28.6 Å². The zero-order valence-corrected chi connectivity index (χ0v) is 18.4. The zero-order valence-electron chi connectivity index (χ0n) is 18.4. The third kappa shape index (κ3) is 5.22. The van der Waals surface area contributed by atoms with Crippen LogP contribution in [0.2, 0.25) is 0 Å². The van der Waals surface area contributed by atoms with Crippen LogP contribution in [0.25, 0.3) is 16.5 Å². The second-order valence-electron chi connectivity index (χ2n) is 7.75. The Labute approximate surface area is 183 Å². The number of fused-ring (bicyclic) bond motifs is 1. The Hall–Kier alpha value is -3.38. The first-order valence-electron chi connectivity index (χ1n) is 10.4. The number of amides is 1. The van der Waals surface area contributed by atoms with Gasteiger partial charge in [0.05, 0.1) is 5.57 Å². The van der Waals surface area contributed by atoms with Crippen molar-refractivity contribution in [3.63, 3.8) is 0 Å². The molecule has 31 heavy (non-hydrogen) atoms. The van der Waals surface area contributed by atoms with Gasteiger partial charge in [0.2, 0.25) is 0 Å². The Balaban J connectivity index is 1.68. The molecule has 1 heterocycles. The first-order chi connectivity index (χ1) is 14.9. The molecule has 6 heteroatoms. The molecular formula is C25H30N4O2. The number of hydroxylamine groups is 1. The molecule has 0 atom stereocenters. The highest BCUT2D eigenvalue weighted by molar-refractivity contribution is 6.11. The van der Waals surface area contributed by atoms with Crippen LogP contribution >= 0.6 is 0 Å². The summed E-state index contributed by atoms with van der Waals surface area (Å²) in [6, 6.07) is 14.8. The lowest BCUT2D eigenvalue weighted by molar-refractivity contribution is -0.124. The van der Waals surface area contributed by atoms with Gasteiger partial charge in [-0.15, -0.1) is 0 Å². The highest BCUT2D eigenvalue weighted by Crippen LogP contribution is 2.25. The Kier molecular flexibility index (Phi) is 7.26. The summed E-state index contributed by atoms with van der Waals surface area (Å²) in [6.07, 6.45) is 3.11. The molecule has 0 saturated carbocycles. The van der Waals surface area contributed by atoms with Crippen molar-refractivity contribution < 1.29 is 10.0 Å². The third-order valence-electron chi connectivity index (χ3n) is 5.49. The molecule has 6 nitrogen and oxygen atoms in total. The second kappa shape index (κ2) is 10.1. The first-order valence-corrected chi connectivity index (χ1v) is 10.4. The maximum Gasteiger partial charge on any atom is 0.275 e. The van der Waals surface area contributed by atoms with Crippen molar-refractivity contribution in [3.05, 3.63) is 77.7 Å². The molecule has 0 bridgehead atoms. The minimum atomic E-state index is -0.573. The van der Waals surface area contributed by atoms with E-state index in [9.17, 15) is 4.79 Å². The van der Waals surface area contributed by atoms with E-state index in [0.717, 1.165) is 48.8 Å². The van der Waals surface area contributed by atoms with Crippen LogP contribution in [0, 0.1) is 0 Å². The summed E-state index contributed by atoms with van der Waals surface area (Å²) >= 11 is 0. The molecular weight excluding hydrogens is 388 g/mol. The van der Waals surface area contributed by atoms with E-state index in [1.807, 2.05) is 13.8 Å². The van der Waals surface area contributed by atoms with Gasteiger partial charge in [0.1, 0.15) is 5.82 Å². The predicted octanol–water partition coefficient (Wildman–Crippen LogP) is 4.20. The minimum absolute atomic E-state index is 0.310. The number of nitrogens with zero attached hydrogens (tertiary/aromatic N) is 3. The van der Waals surface area contributed by atoms with Gasteiger partial charge in [0.25, 0.3) is 5.91 Å². The van der Waals surface area contributed by atoms with E-state index in [-0.39, 0.29) is 0 Å². The Morgan fingerprint density at radius 1 is 1.06 bits per heavy atom. The van der Waals surface area contributed by atoms with Crippen LogP contribution in [0.5, 0.6) is 0 Å². The number of carbonyl (C=O) groups excluding carboxylic acids is 1. The average Bonchev–Trinajstić information content (AvgIpc) is 2.80. The highest BCUT2D eigenvalue weighted by atomic mass is 16.5. The molecule has 0 unspecified atom stereocenters. The van der Waals surface area contributed by atoms with Crippen LogP contribution in [0.4, 0.5) is 0 Å². The van der Waals surface area contributed by atoms with Gasteiger partial charge in [0.15, 0.2) is 0 Å². The van der Waals surface area contributed by atoms with Gasteiger partial charge >= 0.3 is 0 Å². The van der Waals surface area contributed by atoms with E-state index in [4.69, 9.17) is 5.21 Å². The summed E-state index contributed by atoms with van der Waals surface area (Å²) in [6.45, 7) is 13.4. The molecule has 0 aliphatic carbocycles. The second-order valence-corrected chi connectivity index (χ2v) is 7.75. The van der Waals surface area contributed by atoms with E-state index < -0.39 is 5.91 Å². The molecule has 2 aromatic rings. The summed E-state index contributed by atoms with van der Waals surface area (Å²) in [5.74, 6) is 0.275. The number of carbonyl (C=O) groups is 1. The van der Waals surface area contributed by atoms with Crippen LogP contribution in [0.1, 0.15) is 26.3 Å². The van der Waals surface area contributed by atoms with Gasteiger partial charge in [-0.3, -0.25) is 10.0 Å². The third-order valence-corrected chi connectivity index (χ3v) is 5.49. The SMILES string of the molecule is C=C(c1ccc2ccccc2c1)N1CCN(C(N=C/C(=C\C)C(=O)NO)=C(C)C)CC1. The highest BCUT2D eigenvalue weighted by Gasteiger charge is 2.21. The van der Waals surface area contributed by atoms with E-state index in [1.54, 1.807) is 18.5 Å². The zero-order chi connectivity index (χ0) is 22.4. The minimum Gasteiger partial charge on any atom is -0.368 e. The van der Waals surface area contributed by atoms with Crippen LogP contribution in [0.15, 0.2) is 77.1 Å². The van der Waals surface area contributed by atoms with Gasteiger partial charge in [-0.1, -0.05) is 49.1 Å². The number of piperazine rings is 1. The van der Waals surface area contributed by atoms with Crippen molar-refractivity contribution in [1.82, 2.24) is 15.3 Å². The number of rotatable bonds is 6. The molecule has 2 aromatic carbocycles. The fourth-order valence-electron chi connectivity index (χ4n) is 3.73. The largest absolute Gasteiger partial charge is 0.368 e. The first kappa shape index (κ1) is 22.3. The van der Waals surface area contributed by atoms with E-state index in [2.05, 4.69) is 63.8 Å². The molecule has 3 rings (SSSR count). The van der Waals surface area contributed by atoms with Gasteiger partial charge in [-0.2, -0.15) is 0 Å². The van der Waals surface area contributed by atoms with Crippen LogP contribution < -0.4 is 5.48 Å². The predicted molar refractivity (Wildman–Crippen MR) is 127 cm³/mol. The maximum atomic E-state index is 11.7. The van der Waals surface area contributed by atoms with Crippen molar-refractivity contribution in [2.45, 2.75) is 20.8 Å². The number of benzene rings is 2. The van der Waals surface area contributed by atoms with Crippen LogP contribution in [-0.4, -0.2) is 53.3 Å². The number of hydrogen-bond donors (Lipinski definition) is 2. The topological polar surface area (TPSA) is 68.2 Å². The Morgan fingerprint density at radius 3 is 2.32 bits per heavy atom. The normalized spacial score (nSPS) is 14.8. The lowest BCUT2D eigenvalue weighted by Gasteiger charge is -2.38. The summed E-state index contributed by atoms with van der Waals surface area (Å²) in [4.78, 5) is 20.7. The molecule has 1 fully saturated rings. The maximum absolute atomic E-state index is 11.7. The lowest BCUT2D eigenvalue weighted by Crippen LogP contribution is -2.44. The van der Waals surface area contributed by atoms with E-state index in [0.29, 0.717) is 5.57 Å². The molecule has 1 aliphatic rings. The van der Waals surface area contributed by atoms with Gasteiger partial charge in [0, 0.05) is 38.1 Å². The quantitative estimate of drug-likeness (QED) is 0.319. The van der Waals surface area contributed by atoms with E-state index in [1.165, 1.54) is 17.0 Å². The van der Waals surface area contributed by atoms with Crippen LogP contribution in [-0.2, 0) is 4.79 Å². The van der Waals surface area contributed by atoms with E-state index >= 15 is 0 Å². The van der Waals surface area contributed by atoms with Gasteiger partial charge < -0.3 is 9.80 Å².